The van der Waals surface area contributed by atoms with Gasteiger partial charge in [-0.05, 0) is 32.0 Å². The molecule has 0 bridgehead atoms. The number of nitrogens with zero attached hydrogens (tertiary/aromatic N) is 1. The van der Waals surface area contributed by atoms with Crippen molar-refractivity contribution in [3.63, 3.8) is 0 Å². The third kappa shape index (κ3) is 5.03. The molecule has 0 aliphatic rings. The molecule has 0 amide bonds. The van der Waals surface area contributed by atoms with Gasteiger partial charge in [0.1, 0.15) is 4.21 Å². The average molecular weight is 335 g/mol. The predicted molar refractivity (Wildman–Crippen MR) is 87.2 cm³/mol. The molecule has 1 unspecified atom stereocenters. The molecule has 0 aromatic carbocycles. The first-order valence-corrected chi connectivity index (χ1v) is 9.53. The van der Waals surface area contributed by atoms with E-state index in [4.69, 9.17) is 4.74 Å². The van der Waals surface area contributed by atoms with Crippen LogP contribution < -0.4 is 5.32 Å². The quantitative estimate of drug-likeness (QED) is 0.667. The van der Waals surface area contributed by atoms with Crippen LogP contribution in [-0.2, 0) is 21.3 Å². The zero-order chi connectivity index (χ0) is 15.9. The smallest absolute Gasteiger partial charge is 0.252 e. The number of methoxy groups -OCH3 is 1. The fourth-order valence-corrected chi connectivity index (χ4v) is 5.22. The van der Waals surface area contributed by atoms with Gasteiger partial charge in [-0.25, -0.2) is 8.42 Å². The van der Waals surface area contributed by atoms with E-state index in [1.165, 1.54) is 15.6 Å². The maximum absolute atomic E-state index is 12.7. The average Bonchev–Trinajstić information content (AvgIpc) is 2.89. The Hall–Kier alpha value is -0.470. The fraction of sp³-hybridized carbons (Fsp3) is 0.714. The van der Waals surface area contributed by atoms with Gasteiger partial charge >= 0.3 is 0 Å². The number of thiophene rings is 1. The molecule has 5 nitrogen and oxygen atoms in total. The van der Waals surface area contributed by atoms with E-state index in [1.807, 2.05) is 19.9 Å². The Kier molecular flexibility index (Phi) is 7.83. The fourth-order valence-electron chi connectivity index (χ4n) is 2.14. The topological polar surface area (TPSA) is 58.6 Å². The van der Waals surface area contributed by atoms with Crippen LogP contribution in [0.15, 0.2) is 16.3 Å². The summed E-state index contributed by atoms with van der Waals surface area (Å²) < 4.78 is 32.3. The number of sulfonamides is 1. The Balaban J connectivity index is 2.85. The monoisotopic (exact) mass is 334 g/mol. The Morgan fingerprint density at radius 1 is 1.38 bits per heavy atom. The highest BCUT2D eigenvalue weighted by Gasteiger charge is 2.28. The van der Waals surface area contributed by atoms with E-state index in [0.29, 0.717) is 23.9 Å². The number of likely N-dealkylation sites (N-methyl/N-ethyl adjacent to an activating group) is 1. The molecule has 1 aromatic rings. The van der Waals surface area contributed by atoms with Crippen LogP contribution in [0.2, 0.25) is 0 Å². The summed E-state index contributed by atoms with van der Waals surface area (Å²) in [7, 11) is -1.86. The molecule has 1 heterocycles. The van der Waals surface area contributed by atoms with E-state index >= 15 is 0 Å². The van der Waals surface area contributed by atoms with Crippen molar-refractivity contribution >= 4 is 21.4 Å². The standard InChI is InChI=1S/C14H26N2O3S2/c1-5-9-15-10-13-7-8-14(20-13)21(17,18)16(6-2)12(3)11-19-4/h7-8,12,15H,5-6,9-11H2,1-4H3. The van der Waals surface area contributed by atoms with Gasteiger partial charge in [-0.3, -0.25) is 0 Å². The van der Waals surface area contributed by atoms with Crippen LogP contribution in [0.5, 0.6) is 0 Å². The van der Waals surface area contributed by atoms with Crippen LogP contribution in [0.25, 0.3) is 0 Å². The molecule has 0 saturated carbocycles. The molecule has 0 aliphatic heterocycles. The highest BCUT2D eigenvalue weighted by molar-refractivity contribution is 7.91. The van der Waals surface area contributed by atoms with Gasteiger partial charge in [-0.15, -0.1) is 11.3 Å². The van der Waals surface area contributed by atoms with Gasteiger partial charge in [0.05, 0.1) is 6.61 Å². The SMILES string of the molecule is CCCNCc1ccc(S(=O)(=O)N(CC)C(C)COC)s1. The minimum absolute atomic E-state index is 0.172. The van der Waals surface area contributed by atoms with Crippen molar-refractivity contribution in [1.29, 1.82) is 0 Å². The molecule has 0 radical (unpaired) electrons. The maximum Gasteiger partial charge on any atom is 0.252 e. The molecule has 0 spiro atoms. The van der Waals surface area contributed by atoms with Crippen molar-refractivity contribution in [2.45, 2.75) is 44.0 Å². The van der Waals surface area contributed by atoms with Crippen LogP contribution in [0.3, 0.4) is 0 Å². The van der Waals surface area contributed by atoms with Crippen molar-refractivity contribution in [2.75, 3.05) is 26.8 Å². The normalized spacial score (nSPS) is 13.8. The van der Waals surface area contributed by atoms with Gasteiger partial charge in [0.25, 0.3) is 10.0 Å². The number of hydrogen-bond donors (Lipinski definition) is 1. The van der Waals surface area contributed by atoms with Crippen molar-refractivity contribution in [2.24, 2.45) is 0 Å². The zero-order valence-corrected chi connectivity index (χ0v) is 14.9. The number of nitrogens with one attached hydrogen (secondary N) is 1. The second-order valence-corrected chi connectivity index (χ2v) is 8.20. The summed E-state index contributed by atoms with van der Waals surface area (Å²) in [5, 5.41) is 3.28. The van der Waals surface area contributed by atoms with Gasteiger partial charge in [-0.2, -0.15) is 4.31 Å². The van der Waals surface area contributed by atoms with Crippen molar-refractivity contribution in [3.05, 3.63) is 17.0 Å². The largest absolute Gasteiger partial charge is 0.383 e. The molecule has 0 saturated heterocycles. The molecule has 0 aliphatic carbocycles. The molecule has 1 N–H and O–H groups in total. The summed E-state index contributed by atoms with van der Waals surface area (Å²) in [5.41, 5.74) is 0. The minimum Gasteiger partial charge on any atom is -0.383 e. The second kappa shape index (κ2) is 8.85. The number of rotatable bonds is 10. The van der Waals surface area contributed by atoms with Crippen LogP contribution in [-0.4, -0.2) is 45.6 Å². The van der Waals surface area contributed by atoms with E-state index in [9.17, 15) is 8.42 Å². The first-order chi connectivity index (χ1) is 9.97. The minimum atomic E-state index is -3.44. The van der Waals surface area contributed by atoms with Crippen LogP contribution in [0, 0.1) is 0 Å². The molecular formula is C14H26N2O3S2. The number of hydrogen-bond acceptors (Lipinski definition) is 5. The van der Waals surface area contributed by atoms with Crippen LogP contribution in [0.1, 0.15) is 32.1 Å². The molecule has 1 atom stereocenters. The molecular weight excluding hydrogens is 308 g/mol. The molecule has 0 fully saturated rings. The van der Waals surface area contributed by atoms with Gasteiger partial charge < -0.3 is 10.1 Å². The highest BCUT2D eigenvalue weighted by Crippen LogP contribution is 2.26. The van der Waals surface area contributed by atoms with Gasteiger partial charge in [-0.1, -0.05) is 13.8 Å². The Morgan fingerprint density at radius 2 is 2.10 bits per heavy atom. The van der Waals surface area contributed by atoms with E-state index < -0.39 is 10.0 Å². The van der Waals surface area contributed by atoms with Crippen LogP contribution in [0.4, 0.5) is 0 Å². The molecule has 21 heavy (non-hydrogen) atoms. The van der Waals surface area contributed by atoms with E-state index in [-0.39, 0.29) is 6.04 Å². The van der Waals surface area contributed by atoms with E-state index in [1.54, 1.807) is 13.2 Å². The first kappa shape index (κ1) is 18.6. The summed E-state index contributed by atoms with van der Waals surface area (Å²) in [6.45, 7) is 8.30. The first-order valence-electron chi connectivity index (χ1n) is 7.27. The second-order valence-electron chi connectivity index (χ2n) is 4.91. The predicted octanol–water partition coefficient (Wildman–Crippen LogP) is 2.29. The summed E-state index contributed by atoms with van der Waals surface area (Å²) in [5.74, 6) is 0. The summed E-state index contributed by atoms with van der Waals surface area (Å²) >= 11 is 1.34. The molecule has 1 aromatic heterocycles. The molecule has 122 valence electrons. The Labute approximate surface area is 132 Å². The number of ether oxygens (including phenoxy) is 1. The Bertz CT molecular complexity index is 514. The van der Waals surface area contributed by atoms with Crippen LogP contribution >= 0.6 is 11.3 Å². The lowest BCUT2D eigenvalue weighted by molar-refractivity contribution is 0.143. The lowest BCUT2D eigenvalue weighted by Gasteiger charge is -2.25. The van der Waals surface area contributed by atoms with Crippen molar-refractivity contribution in [3.8, 4) is 0 Å². The summed E-state index contributed by atoms with van der Waals surface area (Å²) in [6, 6.07) is 3.41. The summed E-state index contributed by atoms with van der Waals surface area (Å²) in [6.07, 6.45) is 1.06. The van der Waals surface area contributed by atoms with Gasteiger partial charge in [0.2, 0.25) is 0 Å². The third-order valence-electron chi connectivity index (χ3n) is 3.14. The lowest BCUT2D eigenvalue weighted by Crippen LogP contribution is -2.40. The Morgan fingerprint density at radius 3 is 2.67 bits per heavy atom. The van der Waals surface area contributed by atoms with E-state index in [0.717, 1.165) is 17.8 Å². The summed E-state index contributed by atoms with van der Waals surface area (Å²) in [4.78, 5) is 1.04. The highest BCUT2D eigenvalue weighted by atomic mass is 32.2. The molecule has 1 rings (SSSR count). The maximum atomic E-state index is 12.7. The van der Waals surface area contributed by atoms with Gasteiger partial charge in [0, 0.05) is 31.1 Å². The van der Waals surface area contributed by atoms with E-state index in [2.05, 4.69) is 12.2 Å². The van der Waals surface area contributed by atoms with Crippen molar-refractivity contribution in [1.82, 2.24) is 9.62 Å². The van der Waals surface area contributed by atoms with Gasteiger partial charge in [0.15, 0.2) is 0 Å². The zero-order valence-electron chi connectivity index (χ0n) is 13.3. The lowest BCUT2D eigenvalue weighted by atomic mass is 10.4. The third-order valence-corrected chi connectivity index (χ3v) is 6.78. The van der Waals surface area contributed by atoms with Crippen molar-refractivity contribution < 1.29 is 13.2 Å². The molecule has 7 heteroatoms.